The first-order chi connectivity index (χ1) is 15.9. The van der Waals surface area contributed by atoms with Crippen molar-refractivity contribution in [1.82, 2.24) is 9.55 Å². The molecule has 6 nitrogen and oxygen atoms in total. The third kappa shape index (κ3) is 5.36. The van der Waals surface area contributed by atoms with Crippen LogP contribution < -0.4 is 10.9 Å². The lowest BCUT2D eigenvalue weighted by molar-refractivity contribution is -0.137. The first-order valence-electron chi connectivity index (χ1n) is 10.7. The molecule has 0 unspecified atom stereocenters. The quantitative estimate of drug-likeness (QED) is 0.558. The number of aliphatic hydroxyl groups is 1. The fraction of sp³-hybridized carbons (Fsp3) is 0.320. The summed E-state index contributed by atoms with van der Waals surface area (Å²) in [5.74, 6) is -0.406. The minimum Gasteiger partial charge on any atom is -0.396 e. The highest BCUT2D eigenvalue weighted by molar-refractivity contribution is 5.92. The smallest absolute Gasteiger partial charge is 0.396 e. The van der Waals surface area contributed by atoms with Crippen molar-refractivity contribution in [3.05, 3.63) is 80.3 Å². The van der Waals surface area contributed by atoms with Gasteiger partial charge in [0.05, 0.1) is 5.56 Å². The minimum absolute atomic E-state index is 0.0444. The van der Waals surface area contributed by atoms with Crippen LogP contribution in [0, 0.1) is 27.7 Å². The molecule has 180 valence electrons. The first-order valence-corrected chi connectivity index (χ1v) is 10.7. The van der Waals surface area contributed by atoms with Crippen molar-refractivity contribution in [3.63, 3.8) is 0 Å². The molecule has 0 bridgehead atoms. The summed E-state index contributed by atoms with van der Waals surface area (Å²) in [6.45, 7) is 6.58. The lowest BCUT2D eigenvalue weighted by Crippen LogP contribution is -2.33. The Balaban J connectivity index is 2.05. The van der Waals surface area contributed by atoms with Crippen LogP contribution in [-0.4, -0.2) is 27.2 Å². The van der Waals surface area contributed by atoms with Crippen molar-refractivity contribution in [2.75, 3.05) is 11.9 Å². The molecular formula is C25H26F3N3O3. The Bertz CT molecular complexity index is 1260. The average Bonchev–Trinajstić information content (AvgIpc) is 2.75. The number of hydrogen-bond donors (Lipinski definition) is 2. The summed E-state index contributed by atoms with van der Waals surface area (Å²) in [6.07, 6.45) is -4.46. The van der Waals surface area contributed by atoms with E-state index in [9.17, 15) is 27.9 Å². The van der Waals surface area contributed by atoms with E-state index in [0.717, 1.165) is 33.4 Å². The molecule has 0 aliphatic heterocycles. The molecule has 1 aromatic heterocycles. The van der Waals surface area contributed by atoms with Gasteiger partial charge in [-0.1, -0.05) is 29.8 Å². The molecular weight excluding hydrogens is 447 g/mol. The summed E-state index contributed by atoms with van der Waals surface area (Å²) in [4.78, 5) is 30.6. The van der Waals surface area contributed by atoms with E-state index in [0.29, 0.717) is 11.4 Å². The van der Waals surface area contributed by atoms with Crippen LogP contribution in [-0.2, 0) is 23.9 Å². The van der Waals surface area contributed by atoms with Gasteiger partial charge in [-0.05, 0) is 51.0 Å². The second-order valence-electron chi connectivity index (χ2n) is 8.26. The van der Waals surface area contributed by atoms with Crippen LogP contribution in [0.5, 0.6) is 0 Å². The summed E-state index contributed by atoms with van der Waals surface area (Å²) >= 11 is 0. The Labute approximate surface area is 195 Å². The van der Waals surface area contributed by atoms with Crippen molar-refractivity contribution < 1.29 is 23.1 Å². The van der Waals surface area contributed by atoms with Crippen LogP contribution >= 0.6 is 0 Å². The Morgan fingerprint density at radius 3 is 2.18 bits per heavy atom. The highest BCUT2D eigenvalue weighted by Gasteiger charge is 2.30. The van der Waals surface area contributed by atoms with Crippen molar-refractivity contribution in [2.45, 2.75) is 46.8 Å². The Hall–Kier alpha value is -3.46. The predicted octanol–water partition coefficient (Wildman–Crippen LogP) is 4.34. The van der Waals surface area contributed by atoms with Gasteiger partial charge in [0.15, 0.2) is 0 Å². The minimum atomic E-state index is -4.50. The topological polar surface area (TPSA) is 84.2 Å². The number of benzene rings is 2. The van der Waals surface area contributed by atoms with Crippen LogP contribution in [0.15, 0.2) is 41.2 Å². The zero-order valence-electron chi connectivity index (χ0n) is 19.4. The van der Waals surface area contributed by atoms with E-state index in [4.69, 9.17) is 0 Å². The fourth-order valence-electron chi connectivity index (χ4n) is 3.98. The number of hydrogen-bond acceptors (Lipinski definition) is 4. The molecule has 3 aromatic rings. The summed E-state index contributed by atoms with van der Waals surface area (Å²) in [5.41, 5.74) is 2.91. The molecule has 0 saturated heterocycles. The predicted molar refractivity (Wildman–Crippen MR) is 124 cm³/mol. The standard InChI is InChI=1S/C25H26F3N3O3/c1-14-11-15(2)22(16(3)12-14)30-21(33)13-31-23(29-17(4)20(9-10-32)24(31)34)18-5-7-19(8-6-18)25(26,27)28/h5-8,11-12,32H,9-10,13H2,1-4H3,(H,30,33). The van der Waals surface area contributed by atoms with Crippen LogP contribution in [0.3, 0.4) is 0 Å². The summed E-state index contributed by atoms with van der Waals surface area (Å²) in [5, 5.41) is 12.2. The molecule has 2 aromatic carbocycles. The molecule has 1 amide bonds. The van der Waals surface area contributed by atoms with Gasteiger partial charge in [0.2, 0.25) is 5.91 Å². The molecule has 34 heavy (non-hydrogen) atoms. The monoisotopic (exact) mass is 473 g/mol. The molecule has 0 atom stereocenters. The third-order valence-corrected chi connectivity index (χ3v) is 5.54. The SMILES string of the molecule is Cc1cc(C)c(NC(=O)Cn2c(-c3ccc(C(F)(F)F)cc3)nc(C)c(CCO)c2=O)c(C)c1. The van der Waals surface area contributed by atoms with Gasteiger partial charge < -0.3 is 10.4 Å². The molecule has 0 spiro atoms. The summed E-state index contributed by atoms with van der Waals surface area (Å²) in [7, 11) is 0. The maximum Gasteiger partial charge on any atom is 0.416 e. The van der Waals surface area contributed by atoms with E-state index in [1.807, 2.05) is 32.9 Å². The summed E-state index contributed by atoms with van der Waals surface area (Å²) in [6, 6.07) is 8.10. The van der Waals surface area contributed by atoms with Crippen LogP contribution in [0.4, 0.5) is 18.9 Å². The van der Waals surface area contributed by atoms with E-state index in [-0.39, 0.29) is 30.0 Å². The zero-order chi connectivity index (χ0) is 25.2. The second-order valence-corrected chi connectivity index (χ2v) is 8.26. The molecule has 3 rings (SSSR count). The molecule has 0 aliphatic carbocycles. The normalized spacial score (nSPS) is 11.5. The number of carbonyl (C=O) groups is 1. The molecule has 1 heterocycles. The molecule has 9 heteroatoms. The number of carbonyl (C=O) groups excluding carboxylic acids is 1. The number of amides is 1. The molecule has 2 N–H and O–H groups in total. The average molecular weight is 473 g/mol. The maximum absolute atomic E-state index is 13.2. The van der Waals surface area contributed by atoms with Crippen molar-refractivity contribution in [1.29, 1.82) is 0 Å². The molecule has 0 saturated carbocycles. The van der Waals surface area contributed by atoms with E-state index in [2.05, 4.69) is 10.3 Å². The Kier molecular flexibility index (Phi) is 7.26. The number of rotatable bonds is 6. The zero-order valence-corrected chi connectivity index (χ0v) is 19.4. The van der Waals surface area contributed by atoms with Crippen LogP contribution in [0.2, 0.25) is 0 Å². The van der Waals surface area contributed by atoms with Gasteiger partial charge in [0.1, 0.15) is 12.4 Å². The third-order valence-electron chi connectivity index (χ3n) is 5.54. The van der Waals surface area contributed by atoms with E-state index < -0.39 is 29.8 Å². The van der Waals surface area contributed by atoms with Gasteiger partial charge in [-0.2, -0.15) is 13.2 Å². The van der Waals surface area contributed by atoms with Crippen molar-refractivity contribution in [3.8, 4) is 11.4 Å². The lowest BCUT2D eigenvalue weighted by Gasteiger charge is -2.17. The number of halogens is 3. The number of nitrogens with one attached hydrogen (secondary N) is 1. The Morgan fingerprint density at radius 1 is 1.06 bits per heavy atom. The number of aliphatic hydroxyl groups excluding tert-OH is 1. The first kappa shape index (κ1) is 25.2. The van der Waals surface area contributed by atoms with E-state index >= 15 is 0 Å². The highest BCUT2D eigenvalue weighted by atomic mass is 19.4. The fourth-order valence-corrected chi connectivity index (χ4v) is 3.98. The number of anilines is 1. The second kappa shape index (κ2) is 9.80. The number of aromatic nitrogens is 2. The highest BCUT2D eigenvalue weighted by Crippen LogP contribution is 2.30. The largest absolute Gasteiger partial charge is 0.416 e. The van der Waals surface area contributed by atoms with Crippen molar-refractivity contribution >= 4 is 11.6 Å². The number of aryl methyl sites for hydroxylation is 4. The molecule has 0 fully saturated rings. The van der Waals surface area contributed by atoms with Crippen molar-refractivity contribution in [2.24, 2.45) is 0 Å². The Morgan fingerprint density at radius 2 is 1.65 bits per heavy atom. The van der Waals surface area contributed by atoms with Gasteiger partial charge in [0, 0.05) is 35.5 Å². The van der Waals surface area contributed by atoms with E-state index in [1.54, 1.807) is 6.92 Å². The molecule has 0 aliphatic rings. The van der Waals surface area contributed by atoms with Gasteiger partial charge in [-0.15, -0.1) is 0 Å². The summed E-state index contributed by atoms with van der Waals surface area (Å²) < 4.78 is 40.1. The number of nitrogens with zero attached hydrogens (tertiary/aromatic N) is 2. The van der Waals surface area contributed by atoms with Gasteiger partial charge >= 0.3 is 6.18 Å². The van der Waals surface area contributed by atoms with Crippen LogP contribution in [0.1, 0.15) is 33.5 Å². The van der Waals surface area contributed by atoms with Crippen LogP contribution in [0.25, 0.3) is 11.4 Å². The van der Waals surface area contributed by atoms with Gasteiger partial charge in [-0.3, -0.25) is 14.2 Å². The number of alkyl halides is 3. The lowest BCUT2D eigenvalue weighted by atomic mass is 10.1. The van der Waals surface area contributed by atoms with Gasteiger partial charge in [0.25, 0.3) is 5.56 Å². The van der Waals surface area contributed by atoms with E-state index in [1.165, 1.54) is 12.1 Å². The molecule has 0 radical (unpaired) electrons. The van der Waals surface area contributed by atoms with Gasteiger partial charge in [-0.25, -0.2) is 4.98 Å². The maximum atomic E-state index is 13.2.